The summed E-state index contributed by atoms with van der Waals surface area (Å²) in [6.07, 6.45) is 2.84. The van der Waals surface area contributed by atoms with Crippen LogP contribution in [0.1, 0.15) is 24.8 Å². The Morgan fingerprint density at radius 3 is 2.65 bits per heavy atom. The van der Waals surface area contributed by atoms with E-state index in [0.29, 0.717) is 12.1 Å². The van der Waals surface area contributed by atoms with Gasteiger partial charge >= 0.3 is 6.61 Å². The molecular weight excluding hydrogens is 268 g/mol. The number of halogens is 2. The SMILES string of the molecule is COc1cccc(CNC2(CO)CCC2)c1OC(F)F. The lowest BCUT2D eigenvalue weighted by Crippen LogP contribution is -2.53. The summed E-state index contributed by atoms with van der Waals surface area (Å²) in [6, 6.07) is 5.00. The molecule has 0 saturated heterocycles. The molecule has 2 rings (SSSR count). The van der Waals surface area contributed by atoms with Crippen molar-refractivity contribution < 1.29 is 23.4 Å². The summed E-state index contributed by atoms with van der Waals surface area (Å²) in [5, 5.41) is 12.6. The predicted molar refractivity (Wildman–Crippen MR) is 70.1 cm³/mol. The van der Waals surface area contributed by atoms with Crippen LogP contribution in [0.25, 0.3) is 0 Å². The fourth-order valence-electron chi connectivity index (χ4n) is 2.36. The standard InChI is InChI=1S/C14H19F2NO3/c1-19-11-5-2-4-10(12(11)20-13(15)16)8-17-14(9-18)6-3-7-14/h2,4-5,13,17-18H,3,6-9H2,1H3. The Morgan fingerprint density at radius 1 is 1.40 bits per heavy atom. The predicted octanol–water partition coefficient (Wildman–Crippen LogP) is 2.30. The normalized spacial score (nSPS) is 16.9. The van der Waals surface area contributed by atoms with Crippen molar-refractivity contribution in [2.75, 3.05) is 13.7 Å². The maximum atomic E-state index is 12.5. The summed E-state index contributed by atoms with van der Waals surface area (Å²) in [7, 11) is 1.41. The van der Waals surface area contributed by atoms with E-state index in [9.17, 15) is 13.9 Å². The molecule has 1 aliphatic carbocycles. The van der Waals surface area contributed by atoms with Gasteiger partial charge in [0.1, 0.15) is 0 Å². The first kappa shape index (κ1) is 15.0. The third-order valence-corrected chi connectivity index (χ3v) is 3.75. The summed E-state index contributed by atoms with van der Waals surface area (Å²) < 4.78 is 34.6. The molecule has 0 heterocycles. The lowest BCUT2D eigenvalue weighted by Gasteiger charge is -2.41. The molecule has 2 N–H and O–H groups in total. The molecule has 20 heavy (non-hydrogen) atoms. The van der Waals surface area contributed by atoms with Crippen LogP contribution in [0.5, 0.6) is 11.5 Å². The number of hydrogen-bond acceptors (Lipinski definition) is 4. The van der Waals surface area contributed by atoms with Crippen LogP contribution in [-0.4, -0.2) is 31.0 Å². The number of nitrogens with one attached hydrogen (secondary N) is 1. The van der Waals surface area contributed by atoms with E-state index in [-0.39, 0.29) is 23.6 Å². The van der Waals surface area contributed by atoms with Crippen molar-refractivity contribution in [3.05, 3.63) is 23.8 Å². The number of hydrogen-bond donors (Lipinski definition) is 2. The molecule has 0 amide bonds. The maximum Gasteiger partial charge on any atom is 0.387 e. The summed E-state index contributed by atoms with van der Waals surface area (Å²) in [5.74, 6) is 0.321. The zero-order chi connectivity index (χ0) is 14.6. The van der Waals surface area contributed by atoms with E-state index in [1.54, 1.807) is 18.2 Å². The van der Waals surface area contributed by atoms with E-state index in [2.05, 4.69) is 10.1 Å². The Kier molecular flexibility index (Phi) is 4.77. The highest BCUT2D eigenvalue weighted by Crippen LogP contribution is 2.35. The van der Waals surface area contributed by atoms with Crippen molar-refractivity contribution in [1.29, 1.82) is 0 Å². The number of benzene rings is 1. The maximum absolute atomic E-state index is 12.5. The first-order valence-corrected chi connectivity index (χ1v) is 6.57. The molecule has 0 aliphatic heterocycles. The van der Waals surface area contributed by atoms with Crippen LogP contribution >= 0.6 is 0 Å². The second-order valence-electron chi connectivity index (χ2n) is 4.97. The van der Waals surface area contributed by atoms with Gasteiger partial charge in [0.15, 0.2) is 11.5 Å². The van der Waals surface area contributed by atoms with Crippen LogP contribution < -0.4 is 14.8 Å². The second kappa shape index (κ2) is 6.37. The number of ether oxygens (including phenoxy) is 2. The summed E-state index contributed by atoms with van der Waals surface area (Å²) in [6.45, 7) is -2.51. The van der Waals surface area contributed by atoms with Crippen LogP contribution in [0.4, 0.5) is 8.78 Å². The second-order valence-corrected chi connectivity index (χ2v) is 4.97. The van der Waals surface area contributed by atoms with Gasteiger partial charge in [0, 0.05) is 17.6 Å². The van der Waals surface area contributed by atoms with Gasteiger partial charge in [-0.25, -0.2) is 0 Å². The van der Waals surface area contributed by atoms with Crippen molar-refractivity contribution in [1.82, 2.24) is 5.32 Å². The Morgan fingerprint density at radius 2 is 2.15 bits per heavy atom. The van der Waals surface area contributed by atoms with Gasteiger partial charge in [0.25, 0.3) is 0 Å². The fraction of sp³-hybridized carbons (Fsp3) is 0.571. The van der Waals surface area contributed by atoms with Gasteiger partial charge in [-0.1, -0.05) is 12.1 Å². The Balaban J connectivity index is 2.13. The molecule has 0 aromatic heterocycles. The minimum absolute atomic E-state index is 0.0437. The molecule has 112 valence electrons. The molecule has 0 bridgehead atoms. The Hall–Kier alpha value is -1.40. The first-order valence-electron chi connectivity index (χ1n) is 6.57. The number of alkyl halides is 2. The molecule has 0 atom stereocenters. The fourth-order valence-corrected chi connectivity index (χ4v) is 2.36. The molecule has 1 fully saturated rings. The highest BCUT2D eigenvalue weighted by molar-refractivity contribution is 5.46. The number of methoxy groups -OCH3 is 1. The van der Waals surface area contributed by atoms with Crippen molar-refractivity contribution >= 4 is 0 Å². The third-order valence-electron chi connectivity index (χ3n) is 3.75. The van der Waals surface area contributed by atoms with Crippen molar-refractivity contribution in [3.63, 3.8) is 0 Å². The topological polar surface area (TPSA) is 50.7 Å². The smallest absolute Gasteiger partial charge is 0.387 e. The highest BCUT2D eigenvalue weighted by atomic mass is 19.3. The van der Waals surface area contributed by atoms with Gasteiger partial charge in [0.2, 0.25) is 0 Å². The molecule has 1 aromatic carbocycles. The van der Waals surface area contributed by atoms with E-state index in [1.807, 2.05) is 0 Å². The molecule has 4 nitrogen and oxygen atoms in total. The molecule has 0 unspecified atom stereocenters. The van der Waals surface area contributed by atoms with Gasteiger partial charge in [-0.15, -0.1) is 0 Å². The Labute approximate surface area is 116 Å². The average molecular weight is 287 g/mol. The first-order chi connectivity index (χ1) is 9.60. The minimum atomic E-state index is -2.90. The lowest BCUT2D eigenvalue weighted by molar-refractivity contribution is -0.0520. The molecule has 1 aromatic rings. The van der Waals surface area contributed by atoms with Crippen LogP contribution in [0.3, 0.4) is 0 Å². The van der Waals surface area contributed by atoms with Crippen LogP contribution in [0, 0.1) is 0 Å². The molecular formula is C14H19F2NO3. The van der Waals surface area contributed by atoms with Crippen LogP contribution in [0.2, 0.25) is 0 Å². The zero-order valence-corrected chi connectivity index (χ0v) is 11.4. The number of aliphatic hydroxyl groups excluding tert-OH is 1. The minimum Gasteiger partial charge on any atom is -0.493 e. The highest BCUT2D eigenvalue weighted by Gasteiger charge is 2.35. The molecule has 0 spiro atoms. The van der Waals surface area contributed by atoms with E-state index >= 15 is 0 Å². The number of para-hydroxylation sites is 1. The summed E-state index contributed by atoms with van der Waals surface area (Å²) in [5.41, 5.74) is 0.301. The quantitative estimate of drug-likeness (QED) is 0.808. The monoisotopic (exact) mass is 287 g/mol. The summed E-state index contributed by atoms with van der Waals surface area (Å²) in [4.78, 5) is 0. The van der Waals surface area contributed by atoms with Crippen molar-refractivity contribution in [2.24, 2.45) is 0 Å². The van der Waals surface area contributed by atoms with Gasteiger partial charge < -0.3 is 19.9 Å². The van der Waals surface area contributed by atoms with E-state index < -0.39 is 6.61 Å². The van der Waals surface area contributed by atoms with E-state index in [4.69, 9.17) is 4.74 Å². The van der Waals surface area contributed by atoms with Gasteiger partial charge in [-0.05, 0) is 25.3 Å². The van der Waals surface area contributed by atoms with Gasteiger partial charge in [-0.3, -0.25) is 0 Å². The van der Waals surface area contributed by atoms with Crippen molar-refractivity contribution in [3.8, 4) is 11.5 Å². The number of rotatable bonds is 7. The molecule has 0 radical (unpaired) electrons. The van der Waals surface area contributed by atoms with Crippen molar-refractivity contribution in [2.45, 2.75) is 38.0 Å². The van der Waals surface area contributed by atoms with Crippen LogP contribution in [-0.2, 0) is 6.54 Å². The molecule has 6 heteroatoms. The van der Waals surface area contributed by atoms with E-state index in [0.717, 1.165) is 19.3 Å². The largest absolute Gasteiger partial charge is 0.493 e. The lowest BCUT2D eigenvalue weighted by atomic mass is 9.77. The summed E-state index contributed by atoms with van der Waals surface area (Å²) >= 11 is 0. The zero-order valence-electron chi connectivity index (χ0n) is 11.4. The third kappa shape index (κ3) is 3.19. The van der Waals surface area contributed by atoms with Crippen LogP contribution in [0.15, 0.2) is 18.2 Å². The van der Waals surface area contributed by atoms with Gasteiger partial charge in [-0.2, -0.15) is 8.78 Å². The van der Waals surface area contributed by atoms with E-state index in [1.165, 1.54) is 7.11 Å². The molecule has 1 aliphatic rings. The Bertz CT molecular complexity index is 445. The molecule has 1 saturated carbocycles. The average Bonchev–Trinajstić information content (AvgIpc) is 2.39. The number of aliphatic hydroxyl groups is 1. The van der Waals surface area contributed by atoms with Gasteiger partial charge in [0.05, 0.1) is 13.7 Å².